The third-order valence-corrected chi connectivity index (χ3v) is 3.05. The van der Waals surface area contributed by atoms with Crippen molar-refractivity contribution in [1.82, 2.24) is 19.9 Å². The third-order valence-electron chi connectivity index (χ3n) is 3.05. The van der Waals surface area contributed by atoms with Gasteiger partial charge in [0.25, 0.3) is 0 Å². The Balaban J connectivity index is 1.69. The maximum atomic E-state index is 5.40. The minimum absolute atomic E-state index is 0.325. The fourth-order valence-electron chi connectivity index (χ4n) is 2.08. The number of nitrogens with one attached hydrogen (secondary N) is 2. The van der Waals surface area contributed by atoms with Crippen molar-refractivity contribution in [3.63, 3.8) is 0 Å². The van der Waals surface area contributed by atoms with Crippen LogP contribution >= 0.6 is 0 Å². The molecule has 6 nitrogen and oxygen atoms in total. The summed E-state index contributed by atoms with van der Waals surface area (Å²) in [6.07, 6.45) is 0. The molecule has 0 amide bonds. The smallest absolute Gasteiger partial charge is 0.243 e. The number of hydrogen-bond acceptors (Lipinski definition) is 5. The van der Waals surface area contributed by atoms with Crippen molar-refractivity contribution in [2.75, 3.05) is 31.6 Å². The summed E-state index contributed by atoms with van der Waals surface area (Å²) in [5, 5.41) is 11.1. The first kappa shape index (κ1) is 11.4. The number of morpholine rings is 1. The van der Waals surface area contributed by atoms with E-state index in [9.17, 15) is 0 Å². The summed E-state index contributed by atoms with van der Waals surface area (Å²) in [5.41, 5.74) is 1.94. The van der Waals surface area contributed by atoms with Crippen molar-refractivity contribution >= 4 is 11.6 Å². The highest BCUT2D eigenvalue weighted by molar-refractivity contribution is 5.44. The van der Waals surface area contributed by atoms with Crippen LogP contribution in [0.4, 0.5) is 5.95 Å². The molecular formula is C12H17N5O. The highest BCUT2D eigenvalue weighted by Crippen LogP contribution is 2.08. The molecule has 3 heterocycles. The van der Waals surface area contributed by atoms with Gasteiger partial charge in [-0.3, -0.25) is 0 Å². The van der Waals surface area contributed by atoms with Gasteiger partial charge in [0.2, 0.25) is 5.95 Å². The zero-order chi connectivity index (χ0) is 12.4. The zero-order valence-corrected chi connectivity index (χ0v) is 10.4. The van der Waals surface area contributed by atoms with Gasteiger partial charge in [0, 0.05) is 24.8 Å². The van der Waals surface area contributed by atoms with Crippen molar-refractivity contribution in [1.29, 1.82) is 0 Å². The van der Waals surface area contributed by atoms with E-state index < -0.39 is 0 Å². The quantitative estimate of drug-likeness (QED) is 0.824. The average molecular weight is 247 g/mol. The second kappa shape index (κ2) is 4.91. The molecule has 1 fully saturated rings. The average Bonchev–Trinajstić information content (AvgIpc) is 2.82. The Morgan fingerprint density at radius 1 is 1.56 bits per heavy atom. The van der Waals surface area contributed by atoms with Crippen LogP contribution in [0.15, 0.2) is 18.2 Å². The van der Waals surface area contributed by atoms with Gasteiger partial charge in [0.15, 0.2) is 5.65 Å². The lowest BCUT2D eigenvalue weighted by molar-refractivity contribution is 0.0806. The molecule has 1 aliphatic heterocycles. The molecule has 18 heavy (non-hydrogen) atoms. The number of aryl methyl sites for hydroxylation is 1. The van der Waals surface area contributed by atoms with Gasteiger partial charge in [-0.25, -0.2) is 4.52 Å². The molecule has 2 aromatic heterocycles. The second-order valence-electron chi connectivity index (χ2n) is 4.48. The number of aromatic nitrogens is 3. The number of pyridine rings is 1. The molecule has 0 radical (unpaired) electrons. The summed E-state index contributed by atoms with van der Waals surface area (Å²) in [6.45, 7) is 5.23. The number of fused-ring (bicyclic) bond motifs is 1. The lowest BCUT2D eigenvalue weighted by Gasteiger charge is -2.23. The number of nitrogens with zero attached hydrogens (tertiary/aromatic N) is 3. The Labute approximate surface area is 105 Å². The summed E-state index contributed by atoms with van der Waals surface area (Å²) in [6, 6.07) is 6.28. The van der Waals surface area contributed by atoms with Crippen LogP contribution in [-0.2, 0) is 4.74 Å². The summed E-state index contributed by atoms with van der Waals surface area (Å²) in [4.78, 5) is 4.43. The van der Waals surface area contributed by atoms with Gasteiger partial charge in [-0.1, -0.05) is 6.07 Å². The molecule has 1 unspecified atom stereocenters. The number of anilines is 1. The SMILES string of the molecule is Cc1cccc2nc(NCC3COCCN3)nn12. The van der Waals surface area contributed by atoms with Crippen molar-refractivity contribution in [2.45, 2.75) is 13.0 Å². The maximum absolute atomic E-state index is 5.40. The molecule has 0 bridgehead atoms. The predicted octanol–water partition coefficient (Wildman–Crippen LogP) is 0.438. The number of rotatable bonds is 3. The van der Waals surface area contributed by atoms with Crippen LogP contribution in [0, 0.1) is 6.92 Å². The highest BCUT2D eigenvalue weighted by Gasteiger charge is 2.13. The molecule has 6 heteroatoms. The van der Waals surface area contributed by atoms with E-state index >= 15 is 0 Å². The topological polar surface area (TPSA) is 63.5 Å². The first-order chi connectivity index (χ1) is 8.83. The molecule has 3 rings (SSSR count). The van der Waals surface area contributed by atoms with Crippen LogP contribution in [-0.4, -0.2) is 46.9 Å². The van der Waals surface area contributed by atoms with Crippen LogP contribution < -0.4 is 10.6 Å². The normalized spacial score (nSPS) is 20.2. The monoisotopic (exact) mass is 247 g/mol. The molecular weight excluding hydrogens is 230 g/mol. The first-order valence-electron chi connectivity index (χ1n) is 6.20. The van der Waals surface area contributed by atoms with E-state index in [1.807, 2.05) is 29.6 Å². The maximum Gasteiger partial charge on any atom is 0.243 e. The van der Waals surface area contributed by atoms with Crippen LogP contribution in [0.25, 0.3) is 5.65 Å². The number of hydrogen-bond donors (Lipinski definition) is 2. The fraction of sp³-hybridized carbons (Fsp3) is 0.500. The van der Waals surface area contributed by atoms with Gasteiger partial charge in [0.1, 0.15) is 0 Å². The molecule has 2 N–H and O–H groups in total. The molecule has 96 valence electrons. The van der Waals surface area contributed by atoms with E-state index in [1.54, 1.807) is 0 Å². The minimum atomic E-state index is 0.325. The Morgan fingerprint density at radius 2 is 2.50 bits per heavy atom. The van der Waals surface area contributed by atoms with Gasteiger partial charge < -0.3 is 15.4 Å². The van der Waals surface area contributed by atoms with Gasteiger partial charge >= 0.3 is 0 Å². The van der Waals surface area contributed by atoms with Gasteiger partial charge in [-0.05, 0) is 19.1 Å². The van der Waals surface area contributed by atoms with E-state index in [0.29, 0.717) is 12.0 Å². The van der Waals surface area contributed by atoms with Crippen molar-refractivity contribution < 1.29 is 4.74 Å². The first-order valence-corrected chi connectivity index (χ1v) is 6.20. The molecule has 0 spiro atoms. The van der Waals surface area contributed by atoms with Crippen LogP contribution in [0.5, 0.6) is 0 Å². The highest BCUT2D eigenvalue weighted by atomic mass is 16.5. The Morgan fingerprint density at radius 3 is 3.28 bits per heavy atom. The standard InChI is InChI=1S/C12H17N5O/c1-9-3-2-4-11-15-12(16-17(9)11)14-7-10-8-18-6-5-13-10/h2-4,10,13H,5-8H2,1H3,(H,14,16). The molecule has 0 aliphatic carbocycles. The Kier molecular flexibility index (Phi) is 3.12. The van der Waals surface area contributed by atoms with Crippen LogP contribution in [0.1, 0.15) is 5.69 Å². The molecule has 1 aliphatic rings. The molecule has 2 aromatic rings. The summed E-state index contributed by atoms with van der Waals surface area (Å²) < 4.78 is 7.24. The zero-order valence-electron chi connectivity index (χ0n) is 10.4. The molecule has 1 saturated heterocycles. The van der Waals surface area contributed by atoms with Gasteiger partial charge in [-0.2, -0.15) is 4.98 Å². The molecule has 0 aromatic carbocycles. The lowest BCUT2D eigenvalue weighted by atomic mass is 10.3. The van der Waals surface area contributed by atoms with E-state index in [0.717, 1.165) is 37.6 Å². The molecule has 0 saturated carbocycles. The van der Waals surface area contributed by atoms with E-state index in [2.05, 4.69) is 20.7 Å². The largest absolute Gasteiger partial charge is 0.378 e. The van der Waals surface area contributed by atoms with E-state index in [1.165, 1.54) is 0 Å². The number of ether oxygens (including phenoxy) is 1. The van der Waals surface area contributed by atoms with Gasteiger partial charge in [0.05, 0.1) is 13.2 Å². The summed E-state index contributed by atoms with van der Waals surface area (Å²) in [7, 11) is 0. The minimum Gasteiger partial charge on any atom is -0.378 e. The van der Waals surface area contributed by atoms with Crippen molar-refractivity contribution in [3.8, 4) is 0 Å². The molecule has 1 atom stereocenters. The lowest BCUT2D eigenvalue weighted by Crippen LogP contribution is -2.45. The summed E-state index contributed by atoms with van der Waals surface area (Å²) in [5.74, 6) is 0.664. The third kappa shape index (κ3) is 2.30. The van der Waals surface area contributed by atoms with E-state index in [4.69, 9.17) is 4.74 Å². The predicted molar refractivity (Wildman–Crippen MR) is 68.8 cm³/mol. The van der Waals surface area contributed by atoms with Crippen molar-refractivity contribution in [3.05, 3.63) is 23.9 Å². The van der Waals surface area contributed by atoms with Crippen LogP contribution in [0.2, 0.25) is 0 Å². The fourth-order valence-corrected chi connectivity index (χ4v) is 2.08. The summed E-state index contributed by atoms with van der Waals surface area (Å²) >= 11 is 0. The van der Waals surface area contributed by atoms with Gasteiger partial charge in [-0.15, -0.1) is 5.10 Å². The second-order valence-corrected chi connectivity index (χ2v) is 4.48. The van der Waals surface area contributed by atoms with Crippen LogP contribution in [0.3, 0.4) is 0 Å². The van der Waals surface area contributed by atoms with E-state index in [-0.39, 0.29) is 0 Å². The van der Waals surface area contributed by atoms with Crippen molar-refractivity contribution in [2.24, 2.45) is 0 Å². The Hall–Kier alpha value is -1.66. The Bertz CT molecular complexity index is 532.